The van der Waals surface area contributed by atoms with Gasteiger partial charge in [-0.25, -0.2) is 0 Å². The molecule has 0 fully saturated rings. The predicted octanol–water partition coefficient (Wildman–Crippen LogP) is 1.43. The second-order valence-electron chi connectivity index (χ2n) is 3.04. The fraction of sp³-hybridized carbons (Fsp3) is 0.500. The van der Waals surface area contributed by atoms with Crippen molar-refractivity contribution in [1.29, 1.82) is 0 Å². The van der Waals surface area contributed by atoms with Crippen LogP contribution in [-0.2, 0) is 11.3 Å². The van der Waals surface area contributed by atoms with E-state index in [1.54, 1.807) is 19.5 Å². The van der Waals surface area contributed by atoms with Crippen molar-refractivity contribution in [3.63, 3.8) is 0 Å². The van der Waals surface area contributed by atoms with Crippen LogP contribution in [0.5, 0.6) is 0 Å². The summed E-state index contributed by atoms with van der Waals surface area (Å²) in [5, 5.41) is 3.28. The lowest BCUT2D eigenvalue weighted by atomic mass is 10.2. The van der Waals surface area contributed by atoms with E-state index in [2.05, 4.69) is 10.3 Å². The van der Waals surface area contributed by atoms with E-state index >= 15 is 0 Å². The van der Waals surface area contributed by atoms with Crippen molar-refractivity contribution in [1.82, 2.24) is 10.3 Å². The highest BCUT2D eigenvalue weighted by molar-refractivity contribution is 6.20. The third-order valence-corrected chi connectivity index (χ3v) is 2.07. The summed E-state index contributed by atoms with van der Waals surface area (Å²) in [5.41, 5.74) is 1.21. The normalized spacial score (nSPS) is 12.7. The lowest BCUT2D eigenvalue weighted by Crippen LogP contribution is -2.25. The van der Waals surface area contributed by atoms with Crippen LogP contribution in [0.25, 0.3) is 0 Å². The standard InChI is InChI=1S/C10H15ClN2O/c1-14-8-10(11)7-13-6-9-2-4-12-5-3-9/h2-5,10,13H,6-8H2,1H3. The molecule has 1 N–H and O–H groups in total. The molecule has 0 spiro atoms. The van der Waals surface area contributed by atoms with E-state index in [-0.39, 0.29) is 5.38 Å². The average molecular weight is 215 g/mol. The van der Waals surface area contributed by atoms with Crippen molar-refractivity contribution in [3.05, 3.63) is 30.1 Å². The Hall–Kier alpha value is -0.640. The number of hydrogen-bond acceptors (Lipinski definition) is 3. The number of nitrogens with one attached hydrogen (secondary N) is 1. The Morgan fingerprint density at radius 3 is 2.86 bits per heavy atom. The SMILES string of the molecule is COCC(Cl)CNCc1ccncc1. The van der Waals surface area contributed by atoms with Crippen LogP contribution in [-0.4, -0.2) is 30.6 Å². The summed E-state index contributed by atoms with van der Waals surface area (Å²) in [6.45, 7) is 2.14. The molecule has 0 aliphatic rings. The van der Waals surface area contributed by atoms with Gasteiger partial charge in [0.25, 0.3) is 0 Å². The Morgan fingerprint density at radius 2 is 2.21 bits per heavy atom. The van der Waals surface area contributed by atoms with Crippen molar-refractivity contribution < 1.29 is 4.74 Å². The molecule has 0 bridgehead atoms. The number of nitrogens with zero attached hydrogens (tertiary/aromatic N) is 1. The number of aromatic nitrogens is 1. The first kappa shape index (κ1) is 11.4. The Labute approximate surface area is 89.4 Å². The summed E-state index contributed by atoms with van der Waals surface area (Å²) >= 11 is 5.95. The highest BCUT2D eigenvalue weighted by atomic mass is 35.5. The minimum atomic E-state index is 0.0295. The molecule has 0 saturated carbocycles. The Bertz CT molecular complexity index is 243. The third-order valence-electron chi connectivity index (χ3n) is 1.79. The number of rotatable bonds is 6. The van der Waals surface area contributed by atoms with E-state index in [0.717, 1.165) is 13.1 Å². The summed E-state index contributed by atoms with van der Waals surface area (Å²) in [6.07, 6.45) is 3.56. The van der Waals surface area contributed by atoms with Crippen molar-refractivity contribution >= 4 is 11.6 Å². The molecule has 0 aliphatic heterocycles. The van der Waals surface area contributed by atoms with E-state index in [0.29, 0.717) is 6.61 Å². The average Bonchev–Trinajstić information content (AvgIpc) is 2.20. The lowest BCUT2D eigenvalue weighted by Gasteiger charge is -2.09. The minimum absolute atomic E-state index is 0.0295. The van der Waals surface area contributed by atoms with Crippen LogP contribution in [0.4, 0.5) is 0 Å². The summed E-state index contributed by atoms with van der Waals surface area (Å²) in [6, 6.07) is 3.96. The second-order valence-corrected chi connectivity index (χ2v) is 3.66. The molecule has 1 atom stereocenters. The topological polar surface area (TPSA) is 34.1 Å². The van der Waals surface area contributed by atoms with Crippen LogP contribution in [0.1, 0.15) is 5.56 Å². The van der Waals surface area contributed by atoms with Crippen LogP contribution < -0.4 is 5.32 Å². The van der Waals surface area contributed by atoms with Crippen molar-refractivity contribution in [2.75, 3.05) is 20.3 Å². The van der Waals surface area contributed by atoms with Gasteiger partial charge in [-0.05, 0) is 17.7 Å². The summed E-state index contributed by atoms with van der Waals surface area (Å²) in [5.74, 6) is 0. The number of hydrogen-bond donors (Lipinski definition) is 1. The Kier molecular flexibility index (Phi) is 5.52. The van der Waals surface area contributed by atoms with Gasteiger partial charge in [0.15, 0.2) is 0 Å². The zero-order chi connectivity index (χ0) is 10.2. The molecule has 0 aromatic carbocycles. The van der Waals surface area contributed by atoms with Gasteiger partial charge in [0.2, 0.25) is 0 Å². The quantitative estimate of drug-likeness (QED) is 0.728. The number of pyridine rings is 1. The van der Waals surface area contributed by atoms with Gasteiger partial charge in [-0.15, -0.1) is 11.6 Å². The van der Waals surface area contributed by atoms with Crippen LogP contribution in [0.2, 0.25) is 0 Å². The van der Waals surface area contributed by atoms with Crippen molar-refractivity contribution in [2.24, 2.45) is 0 Å². The highest BCUT2D eigenvalue weighted by Gasteiger charge is 2.02. The summed E-state index contributed by atoms with van der Waals surface area (Å²) < 4.78 is 4.92. The van der Waals surface area contributed by atoms with Gasteiger partial charge < -0.3 is 10.1 Å². The van der Waals surface area contributed by atoms with Gasteiger partial charge in [-0.1, -0.05) is 0 Å². The Balaban J connectivity index is 2.16. The van der Waals surface area contributed by atoms with Crippen LogP contribution in [0.3, 0.4) is 0 Å². The fourth-order valence-corrected chi connectivity index (χ4v) is 1.35. The molecule has 3 nitrogen and oxygen atoms in total. The van der Waals surface area contributed by atoms with E-state index in [9.17, 15) is 0 Å². The molecular weight excluding hydrogens is 200 g/mol. The number of ether oxygens (including phenoxy) is 1. The van der Waals surface area contributed by atoms with Crippen molar-refractivity contribution in [2.45, 2.75) is 11.9 Å². The molecule has 14 heavy (non-hydrogen) atoms. The molecule has 1 unspecified atom stereocenters. The monoisotopic (exact) mass is 214 g/mol. The molecular formula is C10H15ClN2O. The van der Waals surface area contributed by atoms with Gasteiger partial charge in [-0.2, -0.15) is 0 Å². The zero-order valence-electron chi connectivity index (χ0n) is 8.24. The first-order valence-corrected chi connectivity index (χ1v) is 4.99. The first-order valence-electron chi connectivity index (χ1n) is 4.55. The predicted molar refractivity (Wildman–Crippen MR) is 57.5 cm³/mol. The fourth-order valence-electron chi connectivity index (χ4n) is 1.11. The van der Waals surface area contributed by atoms with Crippen LogP contribution in [0.15, 0.2) is 24.5 Å². The Morgan fingerprint density at radius 1 is 1.50 bits per heavy atom. The maximum absolute atomic E-state index is 5.95. The maximum Gasteiger partial charge on any atom is 0.0694 e. The van der Waals surface area contributed by atoms with Gasteiger partial charge in [0, 0.05) is 32.6 Å². The van der Waals surface area contributed by atoms with Gasteiger partial charge in [-0.3, -0.25) is 4.98 Å². The van der Waals surface area contributed by atoms with Crippen LogP contribution in [0, 0.1) is 0 Å². The number of halogens is 1. The van der Waals surface area contributed by atoms with E-state index in [1.165, 1.54) is 5.56 Å². The number of methoxy groups -OCH3 is 1. The minimum Gasteiger partial charge on any atom is -0.383 e. The first-order chi connectivity index (χ1) is 6.83. The molecule has 1 aromatic rings. The maximum atomic E-state index is 5.95. The summed E-state index contributed by atoms with van der Waals surface area (Å²) in [7, 11) is 1.65. The molecule has 78 valence electrons. The van der Waals surface area contributed by atoms with Gasteiger partial charge in [0.1, 0.15) is 0 Å². The lowest BCUT2D eigenvalue weighted by molar-refractivity contribution is 0.197. The molecule has 1 rings (SSSR count). The van der Waals surface area contributed by atoms with Gasteiger partial charge in [0.05, 0.1) is 12.0 Å². The molecule has 0 aliphatic carbocycles. The van der Waals surface area contributed by atoms with E-state index in [4.69, 9.17) is 16.3 Å². The smallest absolute Gasteiger partial charge is 0.0694 e. The van der Waals surface area contributed by atoms with Crippen LogP contribution >= 0.6 is 11.6 Å². The molecule has 0 saturated heterocycles. The molecule has 1 heterocycles. The molecule has 0 radical (unpaired) electrons. The van der Waals surface area contributed by atoms with Crippen molar-refractivity contribution in [3.8, 4) is 0 Å². The zero-order valence-corrected chi connectivity index (χ0v) is 9.00. The molecule has 4 heteroatoms. The molecule has 1 aromatic heterocycles. The largest absolute Gasteiger partial charge is 0.383 e. The third kappa shape index (κ3) is 4.56. The van der Waals surface area contributed by atoms with E-state index in [1.807, 2.05) is 12.1 Å². The summed E-state index contributed by atoms with van der Waals surface area (Å²) in [4.78, 5) is 3.94. The van der Waals surface area contributed by atoms with Gasteiger partial charge >= 0.3 is 0 Å². The number of alkyl halides is 1. The second kappa shape index (κ2) is 6.76. The molecule has 0 amide bonds. The highest BCUT2D eigenvalue weighted by Crippen LogP contribution is 1.97. The van der Waals surface area contributed by atoms with E-state index < -0.39 is 0 Å².